The topological polar surface area (TPSA) is 94.3 Å². The molecule has 0 saturated carbocycles. The maximum atomic E-state index is 11.8. The Hall–Kier alpha value is -2.74. The molecule has 1 aromatic rings. The summed E-state index contributed by atoms with van der Waals surface area (Å²) in [7, 11) is 0. The number of morpholine rings is 1. The second-order valence-electron chi connectivity index (χ2n) is 4.81. The zero-order valence-corrected chi connectivity index (χ0v) is 11.6. The molecular formula is C14H13N3O5. The lowest BCUT2D eigenvalue weighted by molar-refractivity contribution is -0.384. The van der Waals surface area contributed by atoms with E-state index in [1.54, 1.807) is 18.3 Å². The standard InChI is InChI=1S/C14H13N3O5/c18-14-12(9-16-5-7-21-8-6-16)13(15-22-14)10-1-3-11(4-2-10)17(19)20/h1-4,9H,5-8H2/b12-9-. The number of hydrogen-bond acceptors (Lipinski definition) is 7. The third-order valence-electron chi connectivity index (χ3n) is 3.40. The number of oxime groups is 1. The Kier molecular flexibility index (Phi) is 3.84. The summed E-state index contributed by atoms with van der Waals surface area (Å²) in [6.45, 7) is 2.57. The zero-order chi connectivity index (χ0) is 15.5. The molecule has 0 N–H and O–H groups in total. The van der Waals surface area contributed by atoms with Crippen molar-refractivity contribution in [1.29, 1.82) is 0 Å². The Balaban J connectivity index is 1.86. The minimum absolute atomic E-state index is 0.0201. The summed E-state index contributed by atoms with van der Waals surface area (Å²) in [5.41, 5.74) is 1.30. The number of non-ortho nitro benzene ring substituents is 1. The molecule has 0 aliphatic carbocycles. The number of nitro benzene ring substituents is 1. The van der Waals surface area contributed by atoms with E-state index in [1.165, 1.54) is 12.1 Å². The van der Waals surface area contributed by atoms with Crippen molar-refractivity contribution in [3.05, 3.63) is 51.7 Å². The number of benzene rings is 1. The molecule has 3 rings (SSSR count). The summed E-state index contributed by atoms with van der Waals surface area (Å²) in [4.78, 5) is 28.7. The molecule has 2 heterocycles. The quantitative estimate of drug-likeness (QED) is 0.359. The molecule has 0 unspecified atom stereocenters. The SMILES string of the molecule is O=C1ON=C(c2ccc([N+](=O)[O-])cc2)/C1=C/N1CCOCC1. The van der Waals surface area contributed by atoms with E-state index in [0.29, 0.717) is 43.2 Å². The van der Waals surface area contributed by atoms with Crippen LogP contribution >= 0.6 is 0 Å². The number of rotatable bonds is 3. The number of hydrogen-bond donors (Lipinski definition) is 0. The molecule has 8 heteroatoms. The number of nitro groups is 1. The van der Waals surface area contributed by atoms with Gasteiger partial charge in [0.15, 0.2) is 0 Å². The number of nitrogens with zero attached hydrogens (tertiary/aromatic N) is 3. The Labute approximate surface area is 125 Å². The van der Waals surface area contributed by atoms with E-state index in [9.17, 15) is 14.9 Å². The van der Waals surface area contributed by atoms with Crippen molar-refractivity contribution in [1.82, 2.24) is 4.90 Å². The average Bonchev–Trinajstić information content (AvgIpc) is 2.89. The molecule has 1 saturated heterocycles. The van der Waals surface area contributed by atoms with Crippen LogP contribution in [0.3, 0.4) is 0 Å². The molecular weight excluding hydrogens is 290 g/mol. The van der Waals surface area contributed by atoms with Gasteiger partial charge in [-0.1, -0.05) is 5.16 Å². The molecule has 0 aromatic heterocycles. The van der Waals surface area contributed by atoms with Crippen LogP contribution in [0.15, 0.2) is 41.2 Å². The number of carbonyl (C=O) groups is 1. The molecule has 0 atom stereocenters. The normalized spacial score (nSPS) is 20.0. The highest BCUT2D eigenvalue weighted by Crippen LogP contribution is 2.21. The first-order valence-corrected chi connectivity index (χ1v) is 6.73. The van der Waals surface area contributed by atoms with Crippen molar-refractivity contribution in [3.63, 3.8) is 0 Å². The Morgan fingerprint density at radius 1 is 1.23 bits per heavy atom. The van der Waals surface area contributed by atoms with Crippen molar-refractivity contribution in [2.24, 2.45) is 5.16 Å². The summed E-state index contributed by atoms with van der Waals surface area (Å²) in [5.74, 6) is -0.528. The van der Waals surface area contributed by atoms with Crippen molar-refractivity contribution in [2.45, 2.75) is 0 Å². The zero-order valence-electron chi connectivity index (χ0n) is 11.6. The van der Waals surface area contributed by atoms with Crippen molar-refractivity contribution >= 4 is 17.4 Å². The highest BCUT2D eigenvalue weighted by Gasteiger charge is 2.28. The molecule has 2 aliphatic rings. The maximum Gasteiger partial charge on any atom is 0.369 e. The van der Waals surface area contributed by atoms with E-state index in [1.807, 2.05) is 4.90 Å². The van der Waals surface area contributed by atoms with Crippen LogP contribution in [0.5, 0.6) is 0 Å². The number of ether oxygens (including phenoxy) is 1. The van der Waals surface area contributed by atoms with E-state index in [0.717, 1.165) is 0 Å². The lowest BCUT2D eigenvalue weighted by Crippen LogP contribution is -2.33. The minimum Gasteiger partial charge on any atom is -0.378 e. The lowest BCUT2D eigenvalue weighted by Gasteiger charge is -2.25. The van der Waals surface area contributed by atoms with Crippen LogP contribution < -0.4 is 0 Å². The summed E-state index contributed by atoms with van der Waals surface area (Å²) in [5, 5.41) is 14.5. The molecule has 0 radical (unpaired) electrons. The fourth-order valence-electron chi connectivity index (χ4n) is 2.23. The molecule has 0 amide bonds. The average molecular weight is 303 g/mol. The van der Waals surface area contributed by atoms with Crippen molar-refractivity contribution in [2.75, 3.05) is 26.3 Å². The Morgan fingerprint density at radius 2 is 1.91 bits per heavy atom. The molecule has 0 spiro atoms. The second-order valence-corrected chi connectivity index (χ2v) is 4.81. The number of carbonyl (C=O) groups excluding carboxylic acids is 1. The van der Waals surface area contributed by atoms with Gasteiger partial charge in [-0.3, -0.25) is 10.1 Å². The van der Waals surface area contributed by atoms with Gasteiger partial charge in [0.25, 0.3) is 5.69 Å². The molecule has 8 nitrogen and oxygen atoms in total. The van der Waals surface area contributed by atoms with Crippen molar-refractivity contribution < 1.29 is 19.3 Å². The maximum absolute atomic E-state index is 11.8. The van der Waals surface area contributed by atoms with Gasteiger partial charge in [0.1, 0.15) is 11.3 Å². The van der Waals surface area contributed by atoms with E-state index in [2.05, 4.69) is 5.16 Å². The summed E-state index contributed by atoms with van der Waals surface area (Å²) in [6, 6.07) is 5.83. The monoisotopic (exact) mass is 303 g/mol. The Bertz CT molecular complexity index is 660. The third-order valence-corrected chi connectivity index (χ3v) is 3.40. The van der Waals surface area contributed by atoms with Gasteiger partial charge in [-0.15, -0.1) is 0 Å². The molecule has 1 aromatic carbocycles. The molecule has 22 heavy (non-hydrogen) atoms. The van der Waals surface area contributed by atoms with Crippen LogP contribution in [0.2, 0.25) is 0 Å². The van der Waals surface area contributed by atoms with Gasteiger partial charge in [0.05, 0.1) is 18.1 Å². The Morgan fingerprint density at radius 3 is 2.55 bits per heavy atom. The smallest absolute Gasteiger partial charge is 0.369 e. The van der Waals surface area contributed by atoms with Crippen LogP contribution in [0.4, 0.5) is 5.69 Å². The summed E-state index contributed by atoms with van der Waals surface area (Å²) in [6.07, 6.45) is 1.71. The molecule has 0 bridgehead atoms. The van der Waals surface area contributed by atoms with E-state index in [-0.39, 0.29) is 5.69 Å². The predicted octanol–water partition coefficient (Wildman–Crippen LogP) is 1.07. The van der Waals surface area contributed by atoms with Crippen LogP contribution in [0, 0.1) is 10.1 Å². The van der Waals surface area contributed by atoms with Crippen molar-refractivity contribution in [3.8, 4) is 0 Å². The lowest BCUT2D eigenvalue weighted by atomic mass is 10.0. The van der Waals surface area contributed by atoms with Crippen LogP contribution in [0.25, 0.3) is 0 Å². The molecule has 2 aliphatic heterocycles. The first-order valence-electron chi connectivity index (χ1n) is 6.73. The van der Waals surface area contributed by atoms with Gasteiger partial charge in [-0.25, -0.2) is 4.79 Å². The summed E-state index contributed by atoms with van der Waals surface area (Å²) >= 11 is 0. The van der Waals surface area contributed by atoms with Gasteiger partial charge >= 0.3 is 5.97 Å². The molecule has 1 fully saturated rings. The van der Waals surface area contributed by atoms with Gasteiger partial charge in [-0.05, 0) is 12.1 Å². The fraction of sp³-hybridized carbons (Fsp3) is 0.286. The van der Waals surface area contributed by atoms with Gasteiger partial charge in [0, 0.05) is 37.0 Å². The first kappa shape index (κ1) is 14.2. The highest BCUT2D eigenvalue weighted by molar-refractivity contribution is 6.28. The van der Waals surface area contributed by atoms with Crippen LogP contribution in [0.1, 0.15) is 5.56 Å². The summed E-state index contributed by atoms with van der Waals surface area (Å²) < 4.78 is 5.26. The van der Waals surface area contributed by atoms with E-state index in [4.69, 9.17) is 9.57 Å². The van der Waals surface area contributed by atoms with E-state index >= 15 is 0 Å². The first-order chi connectivity index (χ1) is 10.6. The van der Waals surface area contributed by atoms with Gasteiger partial charge < -0.3 is 14.5 Å². The third kappa shape index (κ3) is 2.82. The van der Waals surface area contributed by atoms with Crippen LogP contribution in [-0.2, 0) is 14.4 Å². The van der Waals surface area contributed by atoms with E-state index < -0.39 is 10.9 Å². The molecule has 114 valence electrons. The highest BCUT2D eigenvalue weighted by atomic mass is 16.7. The second kappa shape index (κ2) is 5.94. The largest absolute Gasteiger partial charge is 0.378 e. The minimum atomic E-state index is -0.528. The van der Waals surface area contributed by atoms with Gasteiger partial charge in [-0.2, -0.15) is 0 Å². The van der Waals surface area contributed by atoms with Gasteiger partial charge in [0.2, 0.25) is 0 Å². The van der Waals surface area contributed by atoms with Crippen LogP contribution in [-0.4, -0.2) is 47.8 Å². The fourth-order valence-corrected chi connectivity index (χ4v) is 2.23. The predicted molar refractivity (Wildman–Crippen MR) is 76.2 cm³/mol.